The van der Waals surface area contributed by atoms with Gasteiger partial charge in [-0.2, -0.15) is 0 Å². The maximum atomic E-state index is 13.0. The van der Waals surface area contributed by atoms with Crippen molar-refractivity contribution in [2.45, 2.75) is 155 Å². The first-order valence-corrected chi connectivity index (χ1v) is 52.2. The van der Waals surface area contributed by atoms with Gasteiger partial charge in [-0.1, -0.05) is 225 Å². The van der Waals surface area contributed by atoms with Crippen LogP contribution in [-0.4, -0.2) is 141 Å². The zero-order valence-corrected chi connectivity index (χ0v) is 83.7. The number of aromatic amines is 1. The molecular weight excluding hydrogens is 1900 g/mol. The first-order valence-electron chi connectivity index (χ1n) is 47.8. The number of nitrogens with one attached hydrogen (secondary N) is 1. The number of rotatable bonds is 15. The Hall–Kier alpha value is -10.6. The molecule has 12 aromatic carbocycles. The Labute approximate surface area is 859 Å². The van der Waals surface area contributed by atoms with Crippen molar-refractivity contribution < 1.29 is 75.7 Å². The molecule has 0 radical (unpaired) electrons. The summed E-state index contributed by atoms with van der Waals surface area (Å²) >= 11 is 16.7. The lowest BCUT2D eigenvalue weighted by Crippen LogP contribution is -3.00. The first kappa shape index (κ1) is 103. The van der Waals surface area contributed by atoms with Crippen LogP contribution >= 0.6 is 58.5 Å². The molecule has 0 saturated carbocycles. The van der Waals surface area contributed by atoms with E-state index in [2.05, 4.69) is 122 Å². The lowest BCUT2D eigenvalue weighted by Gasteiger charge is -2.36. The van der Waals surface area contributed by atoms with Crippen LogP contribution in [0.5, 0.6) is 17.2 Å². The number of halogens is 4. The summed E-state index contributed by atoms with van der Waals surface area (Å²) in [6, 6.07) is 92.9. The van der Waals surface area contributed by atoms with Gasteiger partial charge in [0.15, 0.2) is 12.4 Å². The maximum absolute atomic E-state index is 13.0. The largest absolute Gasteiger partial charge is 1.00 e. The van der Waals surface area contributed by atoms with Gasteiger partial charge >= 0.3 is 55.3 Å². The number of anilines is 2. The highest BCUT2D eigenvalue weighted by molar-refractivity contribution is 7.99. The van der Waals surface area contributed by atoms with E-state index in [0.29, 0.717) is 23.4 Å². The number of hydrogen-bond donors (Lipinski definition) is 8. The molecule has 1 unspecified atom stereocenters. The number of aryl methyl sites for hydroxylation is 9. The van der Waals surface area contributed by atoms with E-state index >= 15 is 0 Å². The molecule has 0 aliphatic carbocycles. The molecule has 1 fully saturated rings. The lowest BCUT2D eigenvalue weighted by molar-refractivity contribution is -0.378. The third kappa shape index (κ3) is 27.5. The standard InChI is InChI=1S/C16H19BN4O.2C15H15BO2.C14H12BClO2S.C14H12BClOS.2C13H12BNOS.C8H8BFO.ClH/c22-17-5-4-13-2-3-14(12-15(13)17)20-8-10-21(11-9-20)16-18-6-1-7-19-16;1-11-2-5-13(6-3-11)18-14-7-4-12-8-9-16(17)15(12)10-14;17-16-10-9-13-7-4-8-14(15(13)16)18-11-12-5-2-1-3-6-12;16-11-2-5-12(6-3-11)19(18)13-4-1-10-7-8-15(17)14(10)9-13;16-11-2-5-12(6-3-11)18-13-4-1-10-7-8-15(17)14(10)9-13;16-14-6-3-10-1-2-12(9-13(10)14)17-11-4-7-15-8-5-11;16-14-7-6-10-4-5-11(9-12(10)14)17-13-3-1-2-8-15-13;10-7-3-1-2-6-4-5-9(11)8(6)7;/h1-3,6-7,12,22H,4-5,8-11H2;2-7,10,17H,8-9H2,1H3;1-8,17H,9-11H2;1-6,9,17H,7-8H2;1-6,9,17H,7-8H2;1-2,4-5,7-9,16H,3,6H2;1-5,8-9,16H,6-7H2;1-3,11H,4-5H2;1H. The number of ether oxygens (including phenoxy) is 2. The zero-order valence-electron chi connectivity index (χ0n) is 78.2. The predicted molar refractivity (Wildman–Crippen MR) is 576 cm³/mol. The smallest absolute Gasteiger partial charge is 0.328 e. The van der Waals surface area contributed by atoms with Crippen LogP contribution in [0.3, 0.4) is 0 Å². The number of nitrogens with zero attached hydrogens (tertiary/aromatic N) is 5. The summed E-state index contributed by atoms with van der Waals surface area (Å²) in [6.07, 6.45) is 23.3. The van der Waals surface area contributed by atoms with Crippen molar-refractivity contribution in [3.8, 4) is 17.2 Å². The molecule has 33 heteroatoms. The number of H-pyrrole nitrogens is 1. The average Bonchev–Trinajstić information content (AvgIpc) is 1.68. The van der Waals surface area contributed by atoms with E-state index in [9.17, 15) is 48.8 Å². The summed E-state index contributed by atoms with van der Waals surface area (Å²) in [7, 11) is -1.23. The Balaban J connectivity index is 0.000000116. The molecule has 17 nitrogen and oxygen atoms in total. The summed E-state index contributed by atoms with van der Waals surface area (Å²) in [5.74, 6) is 2.98. The first-order chi connectivity index (χ1) is 68.2. The summed E-state index contributed by atoms with van der Waals surface area (Å²) in [4.78, 5) is 27.8. The van der Waals surface area contributed by atoms with Gasteiger partial charge in [-0.15, -0.1) is 0 Å². The van der Waals surface area contributed by atoms with Crippen molar-refractivity contribution in [1.82, 2.24) is 15.0 Å². The van der Waals surface area contributed by atoms with Crippen molar-refractivity contribution in [3.63, 3.8) is 0 Å². The van der Waals surface area contributed by atoms with E-state index in [0.717, 1.165) is 234 Å². The molecule has 0 bridgehead atoms. The third-order valence-corrected chi connectivity index (χ3v) is 31.2. The predicted octanol–water partition coefficient (Wildman–Crippen LogP) is 11.5. The fraction of sp³-hybridized carbons (Fsp3) is 0.204. The van der Waals surface area contributed by atoms with Crippen LogP contribution in [0.25, 0.3) is 0 Å². The van der Waals surface area contributed by atoms with E-state index in [1.807, 2.05) is 176 Å². The molecule has 1 saturated heterocycles. The summed E-state index contributed by atoms with van der Waals surface area (Å²) < 4.78 is 37.1. The molecule has 3 aromatic heterocycles. The van der Waals surface area contributed by atoms with Gasteiger partial charge in [-0.25, -0.2) is 28.5 Å². The highest BCUT2D eigenvalue weighted by atomic mass is 35.5. The second-order valence-corrected chi connectivity index (χ2v) is 41.6. The quantitative estimate of drug-likeness (QED) is 0.0444. The van der Waals surface area contributed by atoms with Crippen LogP contribution in [-0.2, 0) is 68.8 Å². The molecule has 0 spiro atoms. The normalized spacial score (nSPS) is 14.6. The number of hydrogen-bond acceptors (Lipinski definition) is 19. The van der Waals surface area contributed by atoms with Gasteiger partial charge in [-0.05, 0) is 315 Å². The topological polar surface area (TPSA) is 257 Å². The number of aromatic nitrogens is 4. The minimum Gasteiger partial charge on any atom is -1.00 e. The van der Waals surface area contributed by atoms with Crippen LogP contribution in [0, 0.1) is 12.7 Å². The van der Waals surface area contributed by atoms with Crippen LogP contribution in [0.2, 0.25) is 60.6 Å². The zero-order chi connectivity index (χ0) is 97.0. The maximum Gasteiger partial charge on any atom is 0.328 e. The van der Waals surface area contributed by atoms with Crippen LogP contribution in [0.4, 0.5) is 16.0 Å². The second kappa shape index (κ2) is 50.1. The Morgan fingerprint density at radius 2 is 0.794 bits per heavy atom. The number of pyridine rings is 2. The minimum absolute atomic E-state index is 0. The number of piperazine rings is 1. The van der Waals surface area contributed by atoms with Gasteiger partial charge in [0.2, 0.25) is 5.95 Å². The molecule has 9 N–H and O–H groups in total. The molecule has 9 aliphatic rings. The summed E-state index contributed by atoms with van der Waals surface area (Å²) in [6.45, 7) is 3.52. The SMILES string of the molecule is Cc1ccc(Oc2ccc3c(c2)B(O)CC3)cc1.O=S(c1ccc(Cl)cc1)c1ccc2c(c1)B(O)CC2.OB1CCc2ccc(N3CCN(c4ncccn4)CC3)cc21.OB1CCc2ccc(Sc3cc[nH+]cc3)cc21.OB1CCc2ccc(Sc3ccc(Cl)cc3)cc21.OB1CCc2ccc(Sc3ccccn3)cc21.OB1CCc2cccc(F)c21.OB1CCc2cccc(OCc3ccccc3)c21.[Cl-]. The monoisotopic (exact) mass is 2000 g/mol. The summed E-state index contributed by atoms with van der Waals surface area (Å²) in [5.41, 5.74) is 21.1. The van der Waals surface area contributed by atoms with Crippen molar-refractivity contribution in [2.24, 2.45) is 0 Å². The molecular formula is C108H106B8Cl3FN6O11S4. The van der Waals surface area contributed by atoms with E-state index < -0.39 is 24.6 Å². The number of fused-ring (bicyclic) bond motifs is 8. The van der Waals surface area contributed by atoms with Crippen LogP contribution in [0.15, 0.2) is 355 Å². The lowest BCUT2D eigenvalue weighted by atomic mass is 9.62. The van der Waals surface area contributed by atoms with E-state index in [-0.39, 0.29) is 59.7 Å². The van der Waals surface area contributed by atoms with Gasteiger partial charge in [-0.3, -0.25) is 0 Å². The molecule has 12 heterocycles. The van der Waals surface area contributed by atoms with Crippen LogP contribution < -0.4 is 80.4 Å². The fourth-order valence-corrected chi connectivity index (χ4v) is 22.7. The highest BCUT2D eigenvalue weighted by Crippen LogP contribution is 2.35. The third-order valence-electron chi connectivity index (χ3n) is 26.4. The van der Waals surface area contributed by atoms with Crippen molar-refractivity contribution in [3.05, 3.63) is 388 Å². The molecule has 710 valence electrons. The molecule has 15 aromatic rings. The Morgan fingerprint density at radius 1 is 0.376 bits per heavy atom. The molecule has 24 rings (SSSR count). The molecule has 0 amide bonds. The Bertz CT molecular complexity index is 6530. The van der Waals surface area contributed by atoms with E-state index in [1.165, 1.54) is 60.5 Å². The van der Waals surface area contributed by atoms with Gasteiger partial charge in [0.05, 0.1) is 10.8 Å². The fourth-order valence-electron chi connectivity index (χ4n) is 18.8. The van der Waals surface area contributed by atoms with Crippen molar-refractivity contribution in [2.75, 3.05) is 36.0 Å². The summed E-state index contributed by atoms with van der Waals surface area (Å²) in [5, 5.41) is 81.0. The minimum atomic E-state index is -1.23. The second-order valence-electron chi connectivity index (χ2n) is 35.9. The van der Waals surface area contributed by atoms with E-state index in [4.69, 9.17) is 32.7 Å². The average molecular weight is 2000 g/mol. The molecule has 9 aliphatic heterocycles. The van der Waals surface area contributed by atoms with Gasteiger partial charge < -0.3 is 71.9 Å². The number of benzene rings is 12. The molecule has 1 atom stereocenters. The Morgan fingerprint density at radius 3 is 1.33 bits per heavy atom. The van der Waals surface area contributed by atoms with E-state index in [1.54, 1.807) is 84.2 Å². The van der Waals surface area contributed by atoms with Crippen molar-refractivity contribution in [1.29, 1.82) is 0 Å². The van der Waals surface area contributed by atoms with Gasteiger partial charge in [0.25, 0.3) is 0 Å². The molecule has 141 heavy (non-hydrogen) atoms. The van der Waals surface area contributed by atoms with Gasteiger partial charge in [0, 0.05) is 107 Å². The highest BCUT2D eigenvalue weighted by Gasteiger charge is 2.34. The van der Waals surface area contributed by atoms with Crippen molar-refractivity contribution >= 4 is 180 Å². The van der Waals surface area contributed by atoms with Crippen LogP contribution in [0.1, 0.15) is 55.6 Å². The Kier molecular flexibility index (Phi) is 36.7. The van der Waals surface area contributed by atoms with Gasteiger partial charge in [0.1, 0.15) is 34.7 Å².